The molecule has 0 unspecified atom stereocenters. The number of nitrogens with one attached hydrogen (secondary N) is 1. The van der Waals surface area contributed by atoms with Crippen LogP contribution in [0, 0.1) is 0 Å². The molecule has 0 spiro atoms. The summed E-state index contributed by atoms with van der Waals surface area (Å²) in [5.74, 6) is -0.489. The van der Waals surface area contributed by atoms with Crippen molar-refractivity contribution in [1.29, 1.82) is 0 Å². The van der Waals surface area contributed by atoms with E-state index in [1.54, 1.807) is 4.90 Å². The largest absolute Gasteiger partial charge is 0.397 e. The van der Waals surface area contributed by atoms with Gasteiger partial charge in [-0.1, -0.05) is 45.9 Å². The Bertz CT molecular complexity index is 683. The van der Waals surface area contributed by atoms with Gasteiger partial charge in [0.2, 0.25) is 5.91 Å². The van der Waals surface area contributed by atoms with Crippen LogP contribution in [-0.2, 0) is 4.79 Å². The average molecular weight is 399 g/mol. The highest BCUT2D eigenvalue weighted by Gasteiger charge is 2.35. The molecule has 0 atom stereocenters. The molecule has 0 aromatic heterocycles. The first-order valence-corrected chi connectivity index (χ1v) is 9.53. The maximum absolute atomic E-state index is 12.8. The van der Waals surface area contributed by atoms with Gasteiger partial charge < -0.3 is 15.1 Å². The summed E-state index contributed by atoms with van der Waals surface area (Å²) in [5.41, 5.74) is 2.88. The summed E-state index contributed by atoms with van der Waals surface area (Å²) in [6.45, 7) is 8.84. The number of anilines is 1. The fourth-order valence-corrected chi connectivity index (χ4v) is 3.32. The van der Waals surface area contributed by atoms with Crippen molar-refractivity contribution in [3.8, 4) is 0 Å². The molecule has 156 valence electrons. The smallest absolute Gasteiger partial charge is 0.339 e. The fourth-order valence-electron chi connectivity index (χ4n) is 3.32. The van der Waals surface area contributed by atoms with Crippen molar-refractivity contribution in [2.24, 2.45) is 0 Å². The molecule has 1 aliphatic heterocycles. The van der Waals surface area contributed by atoms with Crippen LogP contribution in [-0.4, -0.2) is 54.1 Å². The molecule has 28 heavy (non-hydrogen) atoms. The number of hydrogen-bond acceptors (Lipinski definition) is 2. The molecule has 3 amide bonds. The Balaban J connectivity index is 2.05. The van der Waals surface area contributed by atoms with E-state index >= 15 is 0 Å². The second kappa shape index (κ2) is 8.84. The predicted octanol–water partition coefficient (Wildman–Crippen LogP) is 4.56. The van der Waals surface area contributed by atoms with Crippen molar-refractivity contribution in [3.63, 3.8) is 0 Å². The second-order valence-electron chi connectivity index (χ2n) is 7.71. The third-order valence-electron chi connectivity index (χ3n) is 4.88. The number of para-hydroxylation sites is 1. The summed E-state index contributed by atoms with van der Waals surface area (Å²) in [7, 11) is 0. The van der Waals surface area contributed by atoms with Gasteiger partial charge in [0.05, 0.1) is 0 Å². The van der Waals surface area contributed by atoms with Gasteiger partial charge >= 0.3 is 12.2 Å². The molecule has 1 heterocycles. The third kappa shape index (κ3) is 5.62. The zero-order valence-corrected chi connectivity index (χ0v) is 16.8. The second-order valence-corrected chi connectivity index (χ2v) is 7.71. The number of amides is 3. The van der Waals surface area contributed by atoms with Gasteiger partial charge in [0.25, 0.3) is 0 Å². The highest BCUT2D eigenvalue weighted by molar-refractivity contribution is 5.91. The van der Waals surface area contributed by atoms with E-state index in [1.165, 1.54) is 4.90 Å². The van der Waals surface area contributed by atoms with E-state index in [4.69, 9.17) is 0 Å². The van der Waals surface area contributed by atoms with Gasteiger partial charge in [-0.15, -0.1) is 0 Å². The van der Waals surface area contributed by atoms with Crippen molar-refractivity contribution < 1.29 is 22.8 Å². The minimum absolute atomic E-state index is 0.102. The molecule has 1 fully saturated rings. The van der Waals surface area contributed by atoms with Gasteiger partial charge in [-0.25, -0.2) is 4.79 Å². The predicted molar refractivity (Wildman–Crippen MR) is 102 cm³/mol. The highest BCUT2D eigenvalue weighted by atomic mass is 19.4. The van der Waals surface area contributed by atoms with Crippen LogP contribution in [0.2, 0.25) is 0 Å². The summed E-state index contributed by atoms with van der Waals surface area (Å²) in [5, 5.41) is 3.00. The number of benzene rings is 1. The summed E-state index contributed by atoms with van der Waals surface area (Å²) in [4.78, 5) is 27.2. The summed E-state index contributed by atoms with van der Waals surface area (Å²) >= 11 is 0. The standard InChI is InChI=1S/C20H28F3N3O2/c1-13(2)15-6-5-7-16(14(3)4)18(15)24-19(28)26-10-8-25(9-11-26)17(27)12-20(21,22)23/h5-7,13-14H,8-12H2,1-4H3,(H,24,28). The van der Waals surface area contributed by atoms with Crippen molar-refractivity contribution in [2.75, 3.05) is 31.5 Å². The van der Waals surface area contributed by atoms with Crippen LogP contribution < -0.4 is 5.32 Å². The van der Waals surface area contributed by atoms with E-state index in [9.17, 15) is 22.8 Å². The number of urea groups is 1. The summed E-state index contributed by atoms with van der Waals surface area (Å²) in [6, 6.07) is 5.66. The normalized spacial score (nSPS) is 15.3. The lowest BCUT2D eigenvalue weighted by atomic mass is 9.93. The number of halogens is 3. The van der Waals surface area contributed by atoms with Gasteiger partial charge in [0.15, 0.2) is 0 Å². The summed E-state index contributed by atoms with van der Waals surface area (Å²) < 4.78 is 37.2. The Morgan fingerprint density at radius 1 is 0.964 bits per heavy atom. The molecule has 0 aliphatic carbocycles. The minimum atomic E-state index is -4.51. The molecule has 5 nitrogen and oxygen atoms in total. The number of piperazine rings is 1. The van der Waals surface area contributed by atoms with Crippen LogP contribution in [0.4, 0.5) is 23.7 Å². The molecular weight excluding hydrogens is 371 g/mol. The Morgan fingerprint density at radius 2 is 1.43 bits per heavy atom. The fraction of sp³-hybridized carbons (Fsp3) is 0.600. The molecule has 1 aromatic carbocycles. The minimum Gasteiger partial charge on any atom is -0.339 e. The number of hydrogen-bond donors (Lipinski definition) is 1. The van der Waals surface area contributed by atoms with Crippen LogP contribution >= 0.6 is 0 Å². The Morgan fingerprint density at radius 3 is 1.86 bits per heavy atom. The van der Waals surface area contributed by atoms with Gasteiger partial charge in [0, 0.05) is 31.9 Å². The molecule has 2 rings (SSSR count). The number of alkyl halides is 3. The van der Waals surface area contributed by atoms with E-state index in [0.717, 1.165) is 16.8 Å². The highest BCUT2D eigenvalue weighted by Crippen LogP contribution is 2.32. The van der Waals surface area contributed by atoms with Crippen molar-refractivity contribution >= 4 is 17.6 Å². The molecule has 1 saturated heterocycles. The van der Waals surface area contributed by atoms with Crippen LogP contribution in [0.25, 0.3) is 0 Å². The maximum atomic E-state index is 12.8. The summed E-state index contributed by atoms with van der Waals surface area (Å²) in [6.07, 6.45) is -5.97. The van der Waals surface area contributed by atoms with Crippen molar-refractivity contribution in [2.45, 2.75) is 52.1 Å². The molecule has 0 saturated carbocycles. The molecule has 1 aromatic rings. The van der Waals surface area contributed by atoms with E-state index < -0.39 is 18.5 Å². The van der Waals surface area contributed by atoms with Gasteiger partial charge in [-0.3, -0.25) is 4.79 Å². The molecule has 0 bridgehead atoms. The quantitative estimate of drug-likeness (QED) is 0.807. The van der Waals surface area contributed by atoms with Crippen LogP contribution in [0.3, 0.4) is 0 Å². The van der Waals surface area contributed by atoms with Gasteiger partial charge in [0.1, 0.15) is 6.42 Å². The van der Waals surface area contributed by atoms with Crippen LogP contribution in [0.15, 0.2) is 18.2 Å². The number of carbonyl (C=O) groups is 2. The Hall–Kier alpha value is -2.25. The lowest BCUT2D eigenvalue weighted by Gasteiger charge is -2.35. The molecule has 8 heteroatoms. The lowest BCUT2D eigenvalue weighted by Crippen LogP contribution is -2.52. The first-order valence-electron chi connectivity index (χ1n) is 9.53. The molecule has 0 radical (unpaired) electrons. The van der Waals surface area contributed by atoms with E-state index in [1.807, 2.05) is 18.2 Å². The average Bonchev–Trinajstić information content (AvgIpc) is 2.60. The maximum Gasteiger partial charge on any atom is 0.397 e. The lowest BCUT2D eigenvalue weighted by molar-refractivity contribution is -0.162. The zero-order valence-electron chi connectivity index (χ0n) is 16.8. The Labute approximate surface area is 163 Å². The Kier molecular flexibility index (Phi) is 6.96. The van der Waals surface area contributed by atoms with Crippen molar-refractivity contribution in [1.82, 2.24) is 9.80 Å². The number of nitrogens with zero attached hydrogens (tertiary/aromatic N) is 2. The topological polar surface area (TPSA) is 52.7 Å². The zero-order chi connectivity index (χ0) is 21.1. The molecular formula is C20H28F3N3O2. The number of carbonyl (C=O) groups excluding carboxylic acids is 2. The first kappa shape index (κ1) is 22.0. The van der Waals surface area contributed by atoms with Gasteiger partial charge in [-0.05, 0) is 23.0 Å². The molecule has 1 aliphatic rings. The number of rotatable bonds is 4. The van der Waals surface area contributed by atoms with Crippen LogP contribution in [0.1, 0.15) is 57.1 Å². The van der Waals surface area contributed by atoms with Crippen LogP contribution in [0.5, 0.6) is 0 Å². The van der Waals surface area contributed by atoms with E-state index in [2.05, 4.69) is 33.0 Å². The van der Waals surface area contributed by atoms with E-state index in [-0.39, 0.29) is 44.0 Å². The first-order chi connectivity index (χ1) is 13.0. The monoisotopic (exact) mass is 399 g/mol. The van der Waals surface area contributed by atoms with E-state index in [0.29, 0.717) is 0 Å². The SMILES string of the molecule is CC(C)c1cccc(C(C)C)c1NC(=O)N1CCN(C(=O)CC(F)(F)F)CC1. The molecule has 1 N–H and O–H groups in total. The third-order valence-corrected chi connectivity index (χ3v) is 4.88. The van der Waals surface area contributed by atoms with Gasteiger partial charge in [-0.2, -0.15) is 13.2 Å². The van der Waals surface area contributed by atoms with Crippen molar-refractivity contribution in [3.05, 3.63) is 29.3 Å².